The van der Waals surface area contributed by atoms with Crippen molar-refractivity contribution in [3.05, 3.63) is 70.8 Å². The largest absolute Gasteiger partial charge is 0.511 e. The highest BCUT2D eigenvalue weighted by atomic mass is 16.7. The van der Waals surface area contributed by atoms with E-state index < -0.39 is 11.1 Å². The lowest BCUT2D eigenvalue weighted by atomic mass is 10.1. The molecule has 120 valence electrons. The van der Waals surface area contributed by atoms with Gasteiger partial charge in [-0.2, -0.15) is 0 Å². The fraction of sp³-hybridized carbons (Fsp3) is 0. The van der Waals surface area contributed by atoms with E-state index in [4.69, 9.17) is 9.84 Å². The molecule has 24 heavy (non-hydrogen) atoms. The van der Waals surface area contributed by atoms with E-state index in [0.717, 1.165) is 22.9 Å². The molecule has 0 radical (unpaired) electrons. The first-order chi connectivity index (χ1) is 11.5. The van der Waals surface area contributed by atoms with Gasteiger partial charge in [-0.1, -0.05) is 36.4 Å². The number of nitrogens with zero attached hydrogens (tertiary/aromatic N) is 1. The summed E-state index contributed by atoms with van der Waals surface area (Å²) in [7, 11) is 0. The van der Waals surface area contributed by atoms with Gasteiger partial charge in [-0.3, -0.25) is 10.1 Å². The summed E-state index contributed by atoms with van der Waals surface area (Å²) in [6.45, 7) is 0. The molecule has 7 nitrogen and oxygen atoms in total. The lowest BCUT2D eigenvalue weighted by Crippen LogP contribution is -2.04. The molecule has 0 unspecified atom stereocenters. The molecule has 0 amide bonds. The predicted octanol–water partition coefficient (Wildman–Crippen LogP) is 4.60. The van der Waals surface area contributed by atoms with Crippen LogP contribution >= 0.6 is 0 Å². The van der Waals surface area contributed by atoms with Crippen molar-refractivity contribution >= 4 is 22.6 Å². The number of rotatable bonds is 4. The van der Waals surface area contributed by atoms with Crippen molar-refractivity contribution in [3.8, 4) is 17.2 Å². The van der Waals surface area contributed by atoms with Crippen LogP contribution in [0, 0.1) is 10.1 Å². The minimum absolute atomic E-state index is 0.0528. The third-order valence-electron chi connectivity index (χ3n) is 3.30. The topological polar surface area (TPSA) is 98.9 Å². The Morgan fingerprint density at radius 1 is 0.958 bits per heavy atom. The van der Waals surface area contributed by atoms with Gasteiger partial charge in [0.05, 0.1) is 11.0 Å². The highest BCUT2D eigenvalue weighted by Crippen LogP contribution is 2.37. The molecule has 3 aromatic carbocycles. The minimum atomic E-state index is -1.54. The zero-order valence-corrected chi connectivity index (χ0v) is 12.2. The van der Waals surface area contributed by atoms with E-state index >= 15 is 0 Å². The average Bonchev–Trinajstić information content (AvgIpc) is 2.56. The second-order valence-electron chi connectivity index (χ2n) is 4.84. The summed E-state index contributed by atoms with van der Waals surface area (Å²) in [6, 6.07) is 16.2. The van der Waals surface area contributed by atoms with E-state index in [2.05, 4.69) is 4.74 Å². The first-order valence-corrected chi connectivity index (χ1v) is 6.89. The van der Waals surface area contributed by atoms with Gasteiger partial charge in [0.15, 0.2) is 11.5 Å². The monoisotopic (exact) mass is 325 g/mol. The van der Waals surface area contributed by atoms with Gasteiger partial charge < -0.3 is 14.6 Å². The first kappa shape index (κ1) is 15.3. The molecule has 3 rings (SSSR count). The van der Waals surface area contributed by atoms with E-state index in [1.165, 1.54) is 6.07 Å². The molecule has 1 N–H and O–H groups in total. The van der Waals surface area contributed by atoms with Gasteiger partial charge in [-0.05, 0) is 17.5 Å². The summed E-state index contributed by atoms with van der Waals surface area (Å²) in [4.78, 5) is 21.1. The van der Waals surface area contributed by atoms with E-state index in [0.29, 0.717) is 5.75 Å². The Balaban J connectivity index is 2.08. The third-order valence-corrected chi connectivity index (χ3v) is 3.30. The smallest absolute Gasteiger partial charge is 0.453 e. The third kappa shape index (κ3) is 3.09. The van der Waals surface area contributed by atoms with Crippen molar-refractivity contribution < 1.29 is 24.3 Å². The van der Waals surface area contributed by atoms with Crippen LogP contribution < -0.4 is 9.47 Å². The summed E-state index contributed by atoms with van der Waals surface area (Å²) in [5, 5.41) is 21.4. The Hall–Kier alpha value is -3.61. The number of fused-ring (bicyclic) bond motifs is 1. The van der Waals surface area contributed by atoms with Crippen molar-refractivity contribution in [2.45, 2.75) is 0 Å². The zero-order valence-electron chi connectivity index (χ0n) is 12.2. The Morgan fingerprint density at radius 3 is 2.46 bits per heavy atom. The van der Waals surface area contributed by atoms with Gasteiger partial charge >= 0.3 is 6.16 Å². The quantitative estimate of drug-likeness (QED) is 0.326. The molecular weight excluding hydrogens is 314 g/mol. The number of nitro groups is 1. The molecule has 0 aliphatic carbocycles. The number of carbonyl (C=O) groups is 1. The van der Waals surface area contributed by atoms with E-state index in [9.17, 15) is 14.9 Å². The van der Waals surface area contributed by atoms with E-state index in [1.807, 2.05) is 30.3 Å². The Kier molecular flexibility index (Phi) is 3.98. The Bertz CT molecular complexity index is 932. The fourth-order valence-electron chi connectivity index (χ4n) is 2.27. The molecule has 0 atom stereocenters. The van der Waals surface area contributed by atoms with Crippen LogP contribution in [-0.4, -0.2) is 16.2 Å². The first-order valence-electron chi connectivity index (χ1n) is 6.89. The molecule has 0 bridgehead atoms. The van der Waals surface area contributed by atoms with Crippen LogP contribution in [0.25, 0.3) is 10.8 Å². The van der Waals surface area contributed by atoms with Crippen molar-refractivity contribution in [2.24, 2.45) is 0 Å². The van der Waals surface area contributed by atoms with Crippen LogP contribution in [0.5, 0.6) is 17.2 Å². The summed E-state index contributed by atoms with van der Waals surface area (Å²) in [5.74, 6) is 0.257. The second kappa shape index (κ2) is 6.25. The van der Waals surface area contributed by atoms with Gasteiger partial charge in [0.2, 0.25) is 0 Å². The van der Waals surface area contributed by atoms with Crippen LogP contribution in [0.4, 0.5) is 10.5 Å². The van der Waals surface area contributed by atoms with Crippen LogP contribution in [-0.2, 0) is 0 Å². The van der Waals surface area contributed by atoms with Gasteiger partial charge in [-0.15, -0.1) is 0 Å². The summed E-state index contributed by atoms with van der Waals surface area (Å²) >= 11 is 0. The molecule has 0 aliphatic heterocycles. The molecular formula is C17H11NO6. The number of benzene rings is 3. The van der Waals surface area contributed by atoms with Crippen LogP contribution in [0.1, 0.15) is 0 Å². The Morgan fingerprint density at radius 2 is 1.71 bits per heavy atom. The lowest BCUT2D eigenvalue weighted by molar-refractivity contribution is -0.384. The second-order valence-corrected chi connectivity index (χ2v) is 4.84. The van der Waals surface area contributed by atoms with Crippen LogP contribution in [0.3, 0.4) is 0 Å². The maximum Gasteiger partial charge on any atom is 0.511 e. The predicted molar refractivity (Wildman–Crippen MR) is 85.8 cm³/mol. The van der Waals surface area contributed by atoms with Gasteiger partial charge in [-0.25, -0.2) is 4.79 Å². The summed E-state index contributed by atoms with van der Waals surface area (Å²) in [6.07, 6.45) is -1.54. The number of hydrogen-bond donors (Lipinski definition) is 1. The summed E-state index contributed by atoms with van der Waals surface area (Å²) in [5.41, 5.74) is -0.233. The molecule has 7 heteroatoms. The molecule has 0 aromatic heterocycles. The molecule has 0 saturated heterocycles. The SMILES string of the molecule is O=C(O)Oc1ccc([N+](=O)[O-])cc1Oc1cccc2ccccc12. The highest BCUT2D eigenvalue weighted by Gasteiger charge is 2.17. The standard InChI is InChI=1S/C17H11NO6/c19-17(20)24-15-9-8-12(18(21)22)10-16(15)23-14-7-3-5-11-4-1-2-6-13(11)14/h1-10H,(H,19,20). The van der Waals surface area contributed by atoms with Crippen molar-refractivity contribution in [1.82, 2.24) is 0 Å². The van der Waals surface area contributed by atoms with Crippen molar-refractivity contribution in [2.75, 3.05) is 0 Å². The molecule has 0 fully saturated rings. The number of hydrogen-bond acceptors (Lipinski definition) is 5. The summed E-state index contributed by atoms with van der Waals surface area (Å²) < 4.78 is 10.4. The minimum Gasteiger partial charge on any atom is -0.453 e. The van der Waals surface area contributed by atoms with Gasteiger partial charge in [0.1, 0.15) is 5.75 Å². The number of ether oxygens (including phenoxy) is 2. The molecule has 0 spiro atoms. The van der Waals surface area contributed by atoms with E-state index in [1.54, 1.807) is 12.1 Å². The van der Waals surface area contributed by atoms with Crippen molar-refractivity contribution in [1.29, 1.82) is 0 Å². The molecule has 0 heterocycles. The van der Waals surface area contributed by atoms with E-state index in [-0.39, 0.29) is 17.2 Å². The maximum absolute atomic E-state index is 10.9. The zero-order chi connectivity index (χ0) is 17.1. The number of carboxylic acid groups (broad SMARTS) is 1. The number of nitro benzene ring substituents is 1. The lowest BCUT2D eigenvalue weighted by Gasteiger charge is -2.11. The Labute approximate surface area is 135 Å². The van der Waals surface area contributed by atoms with Gasteiger partial charge in [0, 0.05) is 11.5 Å². The average molecular weight is 325 g/mol. The van der Waals surface area contributed by atoms with Gasteiger partial charge in [0.25, 0.3) is 5.69 Å². The normalized spacial score (nSPS) is 10.3. The van der Waals surface area contributed by atoms with Crippen LogP contribution in [0.15, 0.2) is 60.7 Å². The number of non-ortho nitro benzene ring substituents is 1. The molecule has 0 saturated carbocycles. The molecule has 3 aromatic rings. The molecule has 0 aliphatic rings. The van der Waals surface area contributed by atoms with Crippen LogP contribution in [0.2, 0.25) is 0 Å². The highest BCUT2D eigenvalue weighted by molar-refractivity contribution is 5.88. The van der Waals surface area contributed by atoms with Crippen molar-refractivity contribution in [3.63, 3.8) is 0 Å². The maximum atomic E-state index is 10.9. The fourth-order valence-corrected chi connectivity index (χ4v) is 2.27.